The van der Waals surface area contributed by atoms with Gasteiger partial charge in [-0.2, -0.15) is 0 Å². The van der Waals surface area contributed by atoms with E-state index in [9.17, 15) is 9.59 Å². The minimum Gasteiger partial charge on any atom is -0.493 e. The van der Waals surface area contributed by atoms with E-state index in [0.29, 0.717) is 18.9 Å². The van der Waals surface area contributed by atoms with Crippen molar-refractivity contribution in [3.8, 4) is 5.75 Å². The summed E-state index contributed by atoms with van der Waals surface area (Å²) in [6, 6.07) is 16.4. The van der Waals surface area contributed by atoms with E-state index in [1.54, 1.807) is 0 Å². The number of nitrogens with two attached hydrogens (primary N) is 1. The van der Waals surface area contributed by atoms with Crippen LogP contribution in [-0.4, -0.2) is 31.0 Å². The first-order valence-corrected chi connectivity index (χ1v) is 12.0. The fourth-order valence-electron chi connectivity index (χ4n) is 3.57. The van der Waals surface area contributed by atoms with Gasteiger partial charge in [0.2, 0.25) is 11.8 Å². The Morgan fingerprint density at radius 3 is 2.21 bits per heavy atom. The predicted molar refractivity (Wildman–Crippen MR) is 133 cm³/mol. The molecule has 2 unspecified atom stereocenters. The smallest absolute Gasteiger partial charge is 0.236 e. The number of rotatable bonds is 13. The third-order valence-corrected chi connectivity index (χ3v) is 5.86. The lowest BCUT2D eigenvalue weighted by Crippen LogP contribution is -2.45. The number of carbonyl (C=O) groups is 2. The van der Waals surface area contributed by atoms with Crippen LogP contribution >= 0.6 is 0 Å². The summed E-state index contributed by atoms with van der Waals surface area (Å²) in [7, 11) is 0. The highest BCUT2D eigenvalue weighted by atomic mass is 16.5. The van der Waals surface area contributed by atoms with Crippen LogP contribution in [0.3, 0.4) is 0 Å². The molecule has 4 atom stereocenters. The molecule has 0 heterocycles. The van der Waals surface area contributed by atoms with E-state index >= 15 is 0 Å². The first-order chi connectivity index (χ1) is 15.8. The van der Waals surface area contributed by atoms with Crippen molar-refractivity contribution in [3.05, 3.63) is 65.7 Å². The Morgan fingerprint density at radius 2 is 1.61 bits per heavy atom. The lowest BCUT2D eigenvalue weighted by atomic mass is 9.99. The van der Waals surface area contributed by atoms with Crippen molar-refractivity contribution < 1.29 is 14.3 Å². The van der Waals surface area contributed by atoms with Crippen molar-refractivity contribution in [1.82, 2.24) is 10.6 Å². The highest BCUT2D eigenvalue weighted by Gasteiger charge is 2.22. The van der Waals surface area contributed by atoms with Crippen LogP contribution in [0.15, 0.2) is 54.6 Å². The second kappa shape index (κ2) is 13.6. The molecular formula is C27H39N3O3. The highest BCUT2D eigenvalue weighted by Crippen LogP contribution is 2.21. The Kier molecular flexibility index (Phi) is 10.9. The van der Waals surface area contributed by atoms with Gasteiger partial charge in [0.15, 0.2) is 0 Å². The van der Waals surface area contributed by atoms with Crippen LogP contribution in [0.5, 0.6) is 5.75 Å². The molecule has 2 aromatic rings. The summed E-state index contributed by atoms with van der Waals surface area (Å²) in [6.07, 6.45) is 2.82. The van der Waals surface area contributed by atoms with Crippen molar-refractivity contribution in [1.29, 1.82) is 0 Å². The molecule has 0 aliphatic carbocycles. The van der Waals surface area contributed by atoms with Crippen LogP contribution in [0.25, 0.3) is 0 Å². The van der Waals surface area contributed by atoms with Crippen molar-refractivity contribution in [3.63, 3.8) is 0 Å². The fraction of sp³-hybridized carbons (Fsp3) is 0.481. The molecule has 6 nitrogen and oxygen atoms in total. The summed E-state index contributed by atoms with van der Waals surface area (Å²) in [5, 5.41) is 5.97. The lowest BCUT2D eigenvalue weighted by molar-refractivity contribution is -0.124. The Bertz CT molecular complexity index is 855. The van der Waals surface area contributed by atoms with Gasteiger partial charge in [-0.3, -0.25) is 9.59 Å². The number of amides is 2. The van der Waals surface area contributed by atoms with Gasteiger partial charge in [0, 0.05) is 6.54 Å². The molecular weight excluding hydrogens is 414 g/mol. The first-order valence-electron chi connectivity index (χ1n) is 12.0. The van der Waals surface area contributed by atoms with Crippen LogP contribution in [0.4, 0.5) is 0 Å². The van der Waals surface area contributed by atoms with Gasteiger partial charge >= 0.3 is 0 Å². The molecule has 0 aromatic heterocycles. The maximum absolute atomic E-state index is 13.0. The summed E-state index contributed by atoms with van der Waals surface area (Å²) in [5.74, 6) is 0.650. The Balaban J connectivity index is 2.11. The molecule has 2 aromatic carbocycles. The Morgan fingerprint density at radius 1 is 0.939 bits per heavy atom. The standard InChI is InChI=1S/C27H39N3O3/c1-5-10-19(3)18-33-23-15-13-22(14-16-23)25(17-29-27(32)24(28)6-2)30-26(31)20(4)21-11-8-7-9-12-21/h7-9,11-16,19-20,24-25H,5-6,10,17-18,28H2,1-4H3,(H,29,32)(H,30,31)/t19?,20?,24-,25-/m0/s1. The SMILES string of the molecule is CCCC(C)COc1ccc([C@H](CNC(=O)[C@@H](N)CC)NC(=O)C(C)c2ccccc2)cc1. The van der Waals surface area contributed by atoms with E-state index in [1.165, 1.54) is 0 Å². The number of ether oxygens (including phenoxy) is 1. The molecule has 4 N–H and O–H groups in total. The van der Waals surface area contributed by atoms with Crippen LogP contribution in [0.1, 0.15) is 70.0 Å². The second-order valence-corrected chi connectivity index (χ2v) is 8.73. The number of nitrogens with one attached hydrogen (secondary N) is 2. The van der Waals surface area contributed by atoms with E-state index in [4.69, 9.17) is 10.5 Å². The molecule has 0 fully saturated rings. The topological polar surface area (TPSA) is 93.4 Å². The van der Waals surface area contributed by atoms with E-state index in [-0.39, 0.29) is 30.3 Å². The van der Waals surface area contributed by atoms with Crippen LogP contribution in [0.2, 0.25) is 0 Å². The summed E-state index contributed by atoms with van der Waals surface area (Å²) in [6.45, 7) is 9.03. The molecule has 2 amide bonds. The van der Waals surface area contributed by atoms with Crippen molar-refractivity contribution in [2.75, 3.05) is 13.2 Å². The van der Waals surface area contributed by atoms with Crippen molar-refractivity contribution >= 4 is 11.8 Å². The lowest BCUT2D eigenvalue weighted by Gasteiger charge is -2.23. The molecule has 33 heavy (non-hydrogen) atoms. The Labute approximate surface area is 198 Å². The minimum atomic E-state index is -0.564. The van der Waals surface area contributed by atoms with E-state index in [0.717, 1.165) is 29.7 Å². The molecule has 180 valence electrons. The maximum Gasteiger partial charge on any atom is 0.236 e. The van der Waals surface area contributed by atoms with Crippen LogP contribution in [0, 0.1) is 5.92 Å². The van der Waals surface area contributed by atoms with Gasteiger partial charge in [-0.25, -0.2) is 0 Å². The van der Waals surface area contributed by atoms with E-state index in [2.05, 4.69) is 24.5 Å². The normalized spacial score (nSPS) is 14.6. The van der Waals surface area contributed by atoms with Crippen LogP contribution in [-0.2, 0) is 9.59 Å². The molecule has 0 spiro atoms. The average molecular weight is 454 g/mol. The molecule has 0 bridgehead atoms. The summed E-state index contributed by atoms with van der Waals surface area (Å²) in [5.41, 5.74) is 7.68. The van der Waals surface area contributed by atoms with Crippen molar-refractivity contribution in [2.45, 2.75) is 65.0 Å². The van der Waals surface area contributed by atoms with Gasteiger partial charge in [0.05, 0.1) is 24.6 Å². The van der Waals surface area contributed by atoms with Crippen molar-refractivity contribution in [2.24, 2.45) is 11.7 Å². The molecule has 0 saturated carbocycles. The second-order valence-electron chi connectivity index (χ2n) is 8.73. The fourth-order valence-corrected chi connectivity index (χ4v) is 3.57. The first kappa shape index (κ1) is 26.4. The van der Waals surface area contributed by atoms with Gasteiger partial charge in [-0.05, 0) is 48.9 Å². The number of hydrogen-bond donors (Lipinski definition) is 3. The largest absolute Gasteiger partial charge is 0.493 e. The van der Waals surface area contributed by atoms with E-state index < -0.39 is 6.04 Å². The van der Waals surface area contributed by atoms with Gasteiger partial charge in [-0.1, -0.05) is 69.7 Å². The number of hydrogen-bond acceptors (Lipinski definition) is 4. The monoisotopic (exact) mass is 453 g/mol. The maximum atomic E-state index is 13.0. The zero-order valence-corrected chi connectivity index (χ0v) is 20.3. The molecule has 6 heteroatoms. The predicted octanol–water partition coefficient (Wildman–Crippen LogP) is 4.32. The summed E-state index contributed by atoms with van der Waals surface area (Å²) in [4.78, 5) is 25.2. The highest BCUT2D eigenvalue weighted by molar-refractivity contribution is 5.84. The quantitative estimate of drug-likeness (QED) is 0.421. The Hall–Kier alpha value is -2.86. The van der Waals surface area contributed by atoms with Gasteiger partial charge < -0.3 is 21.1 Å². The van der Waals surface area contributed by atoms with Gasteiger partial charge in [0.25, 0.3) is 0 Å². The molecule has 0 radical (unpaired) electrons. The minimum absolute atomic E-state index is 0.103. The summed E-state index contributed by atoms with van der Waals surface area (Å²) < 4.78 is 5.90. The average Bonchev–Trinajstić information content (AvgIpc) is 2.85. The van der Waals surface area contributed by atoms with E-state index in [1.807, 2.05) is 68.4 Å². The van der Waals surface area contributed by atoms with Crippen LogP contribution < -0.4 is 21.1 Å². The molecule has 2 rings (SSSR count). The number of benzene rings is 2. The molecule has 0 aliphatic rings. The number of carbonyl (C=O) groups excluding carboxylic acids is 2. The third-order valence-electron chi connectivity index (χ3n) is 5.86. The zero-order valence-electron chi connectivity index (χ0n) is 20.3. The van der Waals surface area contributed by atoms with Gasteiger partial charge in [0.1, 0.15) is 5.75 Å². The summed E-state index contributed by atoms with van der Waals surface area (Å²) >= 11 is 0. The zero-order chi connectivity index (χ0) is 24.2. The molecule has 0 aliphatic heterocycles. The van der Waals surface area contributed by atoms with Gasteiger partial charge in [-0.15, -0.1) is 0 Å². The molecule has 0 saturated heterocycles. The third kappa shape index (κ3) is 8.54.